The number of phenols is 1. The molecule has 1 fully saturated rings. The number of hydrogen-bond donors (Lipinski definition) is 2. The quantitative estimate of drug-likeness (QED) is 0.853. The number of aromatic hydroxyl groups is 1. The van der Waals surface area contributed by atoms with Crippen molar-refractivity contribution in [3.8, 4) is 11.8 Å². The number of halogens is 4. The van der Waals surface area contributed by atoms with Crippen LogP contribution in [0.3, 0.4) is 0 Å². The van der Waals surface area contributed by atoms with Gasteiger partial charge in [-0.1, -0.05) is 23.2 Å². The average Bonchev–Trinajstić information content (AvgIpc) is 2.41. The van der Waals surface area contributed by atoms with Crippen molar-refractivity contribution in [3.63, 3.8) is 0 Å². The van der Waals surface area contributed by atoms with Gasteiger partial charge >= 0.3 is 0 Å². The second-order valence-corrected chi connectivity index (χ2v) is 5.33. The number of nitrogens with one attached hydrogen (secondary N) is 1. The van der Waals surface area contributed by atoms with E-state index < -0.39 is 0 Å². The second-order valence-electron chi connectivity index (χ2n) is 4.49. The van der Waals surface area contributed by atoms with Gasteiger partial charge in [0, 0.05) is 36.8 Å². The van der Waals surface area contributed by atoms with Gasteiger partial charge in [-0.05, 0) is 12.1 Å². The van der Waals surface area contributed by atoms with Crippen LogP contribution in [0.2, 0.25) is 10.0 Å². The zero-order valence-electron chi connectivity index (χ0n) is 11.2. The van der Waals surface area contributed by atoms with Crippen LogP contribution in [0, 0.1) is 11.3 Å². The van der Waals surface area contributed by atoms with Crippen LogP contribution in [0.5, 0.6) is 5.75 Å². The van der Waals surface area contributed by atoms with Crippen molar-refractivity contribution in [2.24, 2.45) is 0 Å². The van der Waals surface area contributed by atoms with E-state index in [1.165, 1.54) is 6.07 Å². The summed E-state index contributed by atoms with van der Waals surface area (Å²) in [5, 5.41) is 23.1. The molecule has 1 aliphatic rings. The third-order valence-electron chi connectivity index (χ3n) is 3.29. The fraction of sp³-hybridized carbons (Fsp3) is 0.462. The molecule has 0 unspecified atom stereocenters. The Kier molecular flexibility index (Phi) is 9.39. The highest BCUT2D eigenvalue weighted by molar-refractivity contribution is 6.35. The molecule has 1 aromatic rings. The zero-order valence-corrected chi connectivity index (χ0v) is 14.3. The molecule has 0 radical (unpaired) electrons. The molecule has 2 rings (SSSR count). The summed E-state index contributed by atoms with van der Waals surface area (Å²) in [5.74, 6) is 0.0184. The predicted octanol–water partition coefficient (Wildman–Crippen LogP) is 3.40. The summed E-state index contributed by atoms with van der Waals surface area (Å²) in [5.41, 5.74) is 0.626. The van der Waals surface area contributed by atoms with Crippen molar-refractivity contribution in [1.82, 2.24) is 10.2 Å². The van der Waals surface area contributed by atoms with E-state index in [1.54, 1.807) is 6.07 Å². The molecule has 1 aliphatic heterocycles. The maximum absolute atomic E-state index is 10.1. The molecule has 0 amide bonds. The Morgan fingerprint density at radius 3 is 2.48 bits per heavy atom. The molecule has 118 valence electrons. The molecule has 8 heteroatoms. The van der Waals surface area contributed by atoms with Gasteiger partial charge in [0.15, 0.2) is 0 Å². The number of nitrogens with zero attached hydrogens (tertiary/aromatic N) is 2. The first kappa shape index (κ1) is 20.6. The largest absolute Gasteiger partial charge is 0.506 e. The topological polar surface area (TPSA) is 59.3 Å². The Bertz CT molecular complexity index is 501. The Labute approximate surface area is 146 Å². The molecular weight excluding hydrogens is 356 g/mol. The Hall–Kier alpha value is -0.410. The predicted molar refractivity (Wildman–Crippen MR) is 90.0 cm³/mol. The molecular formula is C13H17Cl4N3O. The van der Waals surface area contributed by atoms with Gasteiger partial charge < -0.3 is 10.4 Å². The Morgan fingerprint density at radius 2 is 1.90 bits per heavy atom. The normalized spacial score (nSPS) is 16.2. The third kappa shape index (κ3) is 5.07. The standard InChI is InChI=1S/C13H15Cl2N3O.2ClH/c14-9-7-10(13(19)11(15)8-9)12(1-2-16)18-5-3-17-4-6-18;;/h7-8,12,17,19H,1,3-6H2;2*1H/t12-;;/m1../s1. The first-order chi connectivity index (χ1) is 9.13. The van der Waals surface area contributed by atoms with Gasteiger partial charge in [0.25, 0.3) is 0 Å². The molecule has 1 aromatic carbocycles. The van der Waals surface area contributed by atoms with Crippen LogP contribution in [0.4, 0.5) is 0 Å². The molecule has 2 N–H and O–H groups in total. The van der Waals surface area contributed by atoms with Crippen LogP contribution < -0.4 is 5.32 Å². The van der Waals surface area contributed by atoms with Gasteiger partial charge in [0.2, 0.25) is 0 Å². The maximum Gasteiger partial charge on any atom is 0.139 e. The maximum atomic E-state index is 10.1. The minimum Gasteiger partial charge on any atom is -0.506 e. The second kappa shape index (κ2) is 9.58. The van der Waals surface area contributed by atoms with Gasteiger partial charge in [0.1, 0.15) is 5.75 Å². The van der Waals surface area contributed by atoms with E-state index in [1.807, 2.05) is 0 Å². The van der Waals surface area contributed by atoms with Crippen LogP contribution >= 0.6 is 48.0 Å². The van der Waals surface area contributed by atoms with Crippen molar-refractivity contribution in [2.45, 2.75) is 12.5 Å². The van der Waals surface area contributed by atoms with Crippen molar-refractivity contribution < 1.29 is 5.11 Å². The summed E-state index contributed by atoms with van der Waals surface area (Å²) in [4.78, 5) is 2.17. The lowest BCUT2D eigenvalue weighted by Crippen LogP contribution is -2.45. The highest BCUT2D eigenvalue weighted by Crippen LogP contribution is 2.38. The Balaban J connectivity index is 0.00000200. The van der Waals surface area contributed by atoms with Crippen molar-refractivity contribution in [2.75, 3.05) is 26.2 Å². The summed E-state index contributed by atoms with van der Waals surface area (Å²) in [6.07, 6.45) is 0.296. The number of nitriles is 1. The molecule has 4 nitrogen and oxygen atoms in total. The number of benzene rings is 1. The summed E-state index contributed by atoms with van der Waals surface area (Å²) >= 11 is 11.9. The van der Waals surface area contributed by atoms with Crippen molar-refractivity contribution in [1.29, 1.82) is 5.26 Å². The van der Waals surface area contributed by atoms with Gasteiger partial charge in [0.05, 0.1) is 23.6 Å². The zero-order chi connectivity index (χ0) is 13.8. The van der Waals surface area contributed by atoms with E-state index in [0.717, 1.165) is 26.2 Å². The highest BCUT2D eigenvalue weighted by Gasteiger charge is 2.25. The number of phenolic OH excluding ortho intramolecular Hbond substituents is 1. The summed E-state index contributed by atoms with van der Waals surface area (Å²) in [6, 6.07) is 5.18. The van der Waals surface area contributed by atoms with Crippen molar-refractivity contribution in [3.05, 3.63) is 27.7 Å². The third-order valence-corrected chi connectivity index (χ3v) is 3.80. The summed E-state index contributed by atoms with van der Waals surface area (Å²) in [7, 11) is 0. The molecule has 1 heterocycles. The number of piperazine rings is 1. The van der Waals surface area contributed by atoms with Gasteiger partial charge in [-0.25, -0.2) is 0 Å². The molecule has 0 aromatic heterocycles. The number of rotatable bonds is 3. The van der Waals surface area contributed by atoms with Crippen LogP contribution in [0.1, 0.15) is 18.0 Å². The molecule has 21 heavy (non-hydrogen) atoms. The minimum absolute atomic E-state index is 0. The monoisotopic (exact) mass is 371 g/mol. The molecule has 0 bridgehead atoms. The SMILES string of the molecule is Cl.Cl.N#CC[C@H](c1cc(Cl)cc(Cl)c1O)N1CCNCC1. The first-order valence-corrected chi connectivity index (χ1v) is 6.88. The van der Waals surface area contributed by atoms with E-state index in [4.69, 9.17) is 28.5 Å². The Morgan fingerprint density at radius 1 is 1.29 bits per heavy atom. The average molecular weight is 373 g/mol. The van der Waals surface area contributed by atoms with Gasteiger partial charge in [-0.15, -0.1) is 24.8 Å². The van der Waals surface area contributed by atoms with E-state index in [2.05, 4.69) is 16.3 Å². The van der Waals surface area contributed by atoms with E-state index >= 15 is 0 Å². The van der Waals surface area contributed by atoms with Gasteiger partial charge in [-0.2, -0.15) is 5.26 Å². The smallest absolute Gasteiger partial charge is 0.139 e. The number of hydrogen-bond acceptors (Lipinski definition) is 4. The highest BCUT2D eigenvalue weighted by atomic mass is 35.5. The molecule has 1 atom stereocenters. The lowest BCUT2D eigenvalue weighted by atomic mass is 10.0. The lowest BCUT2D eigenvalue weighted by molar-refractivity contribution is 0.173. The fourth-order valence-electron chi connectivity index (χ4n) is 2.36. The molecule has 1 saturated heterocycles. The van der Waals surface area contributed by atoms with Gasteiger partial charge in [-0.3, -0.25) is 4.90 Å². The summed E-state index contributed by atoms with van der Waals surface area (Å²) in [6.45, 7) is 3.40. The minimum atomic E-state index is -0.178. The van der Waals surface area contributed by atoms with E-state index in [0.29, 0.717) is 17.0 Å². The lowest BCUT2D eigenvalue weighted by Gasteiger charge is -2.34. The fourth-order valence-corrected chi connectivity index (χ4v) is 2.87. The van der Waals surface area contributed by atoms with Crippen LogP contribution in [0.25, 0.3) is 0 Å². The van der Waals surface area contributed by atoms with Crippen LogP contribution in [0.15, 0.2) is 12.1 Å². The van der Waals surface area contributed by atoms with Crippen LogP contribution in [-0.4, -0.2) is 36.2 Å². The first-order valence-electron chi connectivity index (χ1n) is 6.13. The molecule has 0 spiro atoms. The summed E-state index contributed by atoms with van der Waals surface area (Å²) < 4.78 is 0. The molecule has 0 saturated carbocycles. The van der Waals surface area contributed by atoms with E-state index in [-0.39, 0.29) is 41.6 Å². The molecule has 0 aliphatic carbocycles. The van der Waals surface area contributed by atoms with E-state index in [9.17, 15) is 5.11 Å². The van der Waals surface area contributed by atoms with Crippen molar-refractivity contribution >= 4 is 48.0 Å². The van der Waals surface area contributed by atoms with Crippen LogP contribution in [-0.2, 0) is 0 Å².